The minimum Gasteiger partial charge on any atom is -0.481 e. The van der Waals surface area contributed by atoms with E-state index in [9.17, 15) is 9.59 Å². The zero-order chi connectivity index (χ0) is 15.7. The van der Waals surface area contributed by atoms with Crippen molar-refractivity contribution in [1.29, 1.82) is 0 Å². The van der Waals surface area contributed by atoms with Gasteiger partial charge in [0, 0.05) is 24.8 Å². The molecule has 0 bridgehead atoms. The SMILES string of the molecule is Cc1nn(C)c(C)c1C(C)C(=O)NCC(C)(C)C(=O)O. The first-order chi connectivity index (χ1) is 9.08. The second kappa shape index (κ2) is 5.64. The number of carbonyl (C=O) groups excluding carboxylic acids is 1. The molecule has 1 aromatic rings. The zero-order valence-electron chi connectivity index (χ0n) is 12.9. The van der Waals surface area contributed by atoms with Gasteiger partial charge in [-0.1, -0.05) is 0 Å². The van der Waals surface area contributed by atoms with E-state index in [0.717, 1.165) is 17.0 Å². The molecular weight excluding hydrogens is 258 g/mol. The summed E-state index contributed by atoms with van der Waals surface area (Å²) in [4.78, 5) is 23.2. The van der Waals surface area contributed by atoms with Gasteiger partial charge in [0.15, 0.2) is 0 Å². The molecule has 0 radical (unpaired) electrons. The number of carboxylic acid groups (broad SMARTS) is 1. The van der Waals surface area contributed by atoms with Crippen LogP contribution in [0.1, 0.15) is 43.6 Å². The Bertz CT molecular complexity index is 532. The molecule has 0 fully saturated rings. The van der Waals surface area contributed by atoms with Crippen molar-refractivity contribution in [2.75, 3.05) is 6.54 Å². The molecule has 0 aliphatic heterocycles. The molecule has 1 aromatic heterocycles. The number of aryl methyl sites for hydroxylation is 2. The number of hydrogen-bond donors (Lipinski definition) is 2. The van der Waals surface area contributed by atoms with Crippen molar-refractivity contribution in [3.05, 3.63) is 17.0 Å². The standard InChI is InChI=1S/C14H23N3O3/c1-8(11-9(2)16-17(6)10(11)3)12(18)15-7-14(4,5)13(19)20/h8H,7H2,1-6H3,(H,15,18)(H,19,20). The van der Waals surface area contributed by atoms with E-state index in [1.54, 1.807) is 25.5 Å². The lowest BCUT2D eigenvalue weighted by molar-refractivity contribution is -0.146. The molecule has 112 valence electrons. The van der Waals surface area contributed by atoms with Crippen LogP contribution in [0.2, 0.25) is 0 Å². The van der Waals surface area contributed by atoms with Crippen LogP contribution < -0.4 is 5.32 Å². The molecule has 0 aliphatic rings. The molecule has 6 heteroatoms. The summed E-state index contributed by atoms with van der Waals surface area (Å²) >= 11 is 0. The van der Waals surface area contributed by atoms with Crippen molar-refractivity contribution >= 4 is 11.9 Å². The summed E-state index contributed by atoms with van der Waals surface area (Å²) in [5.74, 6) is -1.47. The minimum atomic E-state index is -0.978. The van der Waals surface area contributed by atoms with Gasteiger partial charge in [-0.25, -0.2) is 0 Å². The van der Waals surface area contributed by atoms with Crippen LogP contribution in [0, 0.1) is 19.3 Å². The van der Waals surface area contributed by atoms with Gasteiger partial charge in [0.25, 0.3) is 0 Å². The Morgan fingerprint density at radius 2 is 1.95 bits per heavy atom. The number of hydrogen-bond acceptors (Lipinski definition) is 3. The van der Waals surface area contributed by atoms with Gasteiger partial charge in [0.2, 0.25) is 5.91 Å². The highest BCUT2D eigenvalue weighted by molar-refractivity contribution is 5.84. The average molecular weight is 281 g/mol. The van der Waals surface area contributed by atoms with Gasteiger partial charge in [-0.3, -0.25) is 14.3 Å². The normalized spacial score (nSPS) is 13.1. The summed E-state index contributed by atoms with van der Waals surface area (Å²) < 4.78 is 1.75. The van der Waals surface area contributed by atoms with Crippen LogP contribution in [-0.4, -0.2) is 33.3 Å². The highest BCUT2D eigenvalue weighted by atomic mass is 16.4. The van der Waals surface area contributed by atoms with Crippen molar-refractivity contribution in [2.24, 2.45) is 12.5 Å². The maximum absolute atomic E-state index is 12.2. The molecule has 0 saturated carbocycles. The third-order valence-corrected chi connectivity index (χ3v) is 3.67. The maximum Gasteiger partial charge on any atom is 0.310 e. The van der Waals surface area contributed by atoms with Crippen LogP contribution >= 0.6 is 0 Å². The van der Waals surface area contributed by atoms with Crippen LogP contribution in [0.4, 0.5) is 0 Å². The molecule has 1 heterocycles. The quantitative estimate of drug-likeness (QED) is 0.853. The summed E-state index contributed by atoms with van der Waals surface area (Å²) in [5, 5.41) is 16.0. The first kappa shape index (κ1) is 16.2. The Balaban J connectivity index is 2.81. The zero-order valence-corrected chi connectivity index (χ0v) is 12.9. The van der Waals surface area contributed by atoms with E-state index in [4.69, 9.17) is 5.11 Å². The van der Waals surface area contributed by atoms with Crippen LogP contribution in [0.25, 0.3) is 0 Å². The fourth-order valence-electron chi connectivity index (χ4n) is 2.08. The van der Waals surface area contributed by atoms with Gasteiger partial charge in [-0.15, -0.1) is 0 Å². The number of aromatic nitrogens is 2. The van der Waals surface area contributed by atoms with Gasteiger partial charge >= 0.3 is 5.97 Å². The van der Waals surface area contributed by atoms with Crippen molar-refractivity contribution in [1.82, 2.24) is 15.1 Å². The van der Waals surface area contributed by atoms with E-state index in [-0.39, 0.29) is 18.4 Å². The smallest absolute Gasteiger partial charge is 0.310 e. The first-order valence-electron chi connectivity index (χ1n) is 6.59. The molecule has 20 heavy (non-hydrogen) atoms. The molecular formula is C14H23N3O3. The van der Waals surface area contributed by atoms with E-state index in [2.05, 4.69) is 10.4 Å². The third-order valence-electron chi connectivity index (χ3n) is 3.67. The fraction of sp³-hybridized carbons (Fsp3) is 0.643. The molecule has 0 aromatic carbocycles. The molecule has 0 aliphatic carbocycles. The number of carboxylic acids is 1. The first-order valence-corrected chi connectivity index (χ1v) is 6.59. The van der Waals surface area contributed by atoms with Crippen molar-refractivity contribution in [3.8, 4) is 0 Å². The summed E-state index contributed by atoms with van der Waals surface area (Å²) in [6.07, 6.45) is 0. The molecule has 0 spiro atoms. The van der Waals surface area contributed by atoms with Crippen LogP contribution in [0.5, 0.6) is 0 Å². The Morgan fingerprint density at radius 3 is 2.35 bits per heavy atom. The third kappa shape index (κ3) is 3.18. The second-order valence-corrected chi connectivity index (χ2v) is 5.84. The summed E-state index contributed by atoms with van der Waals surface area (Å²) in [5.41, 5.74) is 1.69. The lowest BCUT2D eigenvalue weighted by Crippen LogP contribution is -2.40. The van der Waals surface area contributed by atoms with Gasteiger partial charge < -0.3 is 10.4 Å². The molecule has 0 saturated heterocycles. The van der Waals surface area contributed by atoms with Gasteiger partial charge in [-0.05, 0) is 34.6 Å². The van der Waals surface area contributed by atoms with E-state index in [1.165, 1.54) is 0 Å². The van der Waals surface area contributed by atoms with Crippen LogP contribution in [-0.2, 0) is 16.6 Å². The Hall–Kier alpha value is -1.85. The number of carbonyl (C=O) groups is 2. The average Bonchev–Trinajstić information content (AvgIpc) is 2.59. The number of amides is 1. The number of aliphatic carboxylic acids is 1. The highest BCUT2D eigenvalue weighted by Crippen LogP contribution is 2.23. The fourth-order valence-corrected chi connectivity index (χ4v) is 2.08. The van der Waals surface area contributed by atoms with Crippen molar-refractivity contribution in [3.63, 3.8) is 0 Å². The Labute approximate surface area is 119 Å². The molecule has 6 nitrogen and oxygen atoms in total. The minimum absolute atomic E-state index is 0.101. The topological polar surface area (TPSA) is 84.2 Å². The van der Waals surface area contributed by atoms with Crippen LogP contribution in [0.3, 0.4) is 0 Å². The molecule has 2 N–H and O–H groups in total. The van der Waals surface area contributed by atoms with Gasteiger partial charge in [-0.2, -0.15) is 5.10 Å². The predicted octanol–water partition coefficient (Wildman–Crippen LogP) is 1.37. The molecule has 1 rings (SSSR count). The summed E-state index contributed by atoms with van der Waals surface area (Å²) in [6, 6.07) is 0. The summed E-state index contributed by atoms with van der Waals surface area (Å²) in [7, 11) is 1.84. The van der Waals surface area contributed by atoms with E-state index >= 15 is 0 Å². The monoisotopic (exact) mass is 281 g/mol. The van der Waals surface area contributed by atoms with Gasteiger partial charge in [0.05, 0.1) is 17.0 Å². The Kier molecular flexibility index (Phi) is 4.57. The predicted molar refractivity (Wildman–Crippen MR) is 75.5 cm³/mol. The highest BCUT2D eigenvalue weighted by Gasteiger charge is 2.29. The molecule has 1 amide bonds. The largest absolute Gasteiger partial charge is 0.481 e. The van der Waals surface area contributed by atoms with E-state index in [1.807, 2.05) is 20.9 Å². The number of nitrogens with zero attached hydrogens (tertiary/aromatic N) is 2. The lowest BCUT2D eigenvalue weighted by Gasteiger charge is -2.21. The number of nitrogens with one attached hydrogen (secondary N) is 1. The molecule has 1 unspecified atom stereocenters. The van der Waals surface area contributed by atoms with Crippen LogP contribution in [0.15, 0.2) is 0 Å². The van der Waals surface area contributed by atoms with Crippen molar-refractivity contribution < 1.29 is 14.7 Å². The van der Waals surface area contributed by atoms with Crippen molar-refractivity contribution in [2.45, 2.75) is 40.5 Å². The van der Waals surface area contributed by atoms with Gasteiger partial charge in [0.1, 0.15) is 0 Å². The second-order valence-electron chi connectivity index (χ2n) is 5.84. The summed E-state index contributed by atoms with van der Waals surface area (Å²) in [6.45, 7) is 8.86. The maximum atomic E-state index is 12.2. The van der Waals surface area contributed by atoms with E-state index < -0.39 is 11.4 Å². The van der Waals surface area contributed by atoms with E-state index in [0.29, 0.717) is 0 Å². The number of rotatable bonds is 5. The Morgan fingerprint density at radius 1 is 1.40 bits per heavy atom. The molecule has 1 atom stereocenters. The lowest BCUT2D eigenvalue weighted by atomic mass is 9.93.